The summed E-state index contributed by atoms with van der Waals surface area (Å²) in [5, 5.41) is 0. The Morgan fingerprint density at radius 3 is 2.81 bits per heavy atom. The minimum absolute atomic E-state index is 0.0589. The molecule has 3 heteroatoms. The van der Waals surface area contributed by atoms with Gasteiger partial charge in [-0.05, 0) is 45.3 Å². The summed E-state index contributed by atoms with van der Waals surface area (Å²) in [5.41, 5.74) is -0.357. The fourth-order valence-corrected chi connectivity index (χ4v) is 2.66. The molecule has 16 heavy (non-hydrogen) atoms. The molecule has 1 aliphatic carbocycles. The SMILES string of the molecule is CSCC(C)(C)C(=O)OC[C@H]1CC=CCC1. The zero-order valence-corrected chi connectivity index (χ0v) is 11.3. The largest absolute Gasteiger partial charge is 0.465 e. The van der Waals surface area contributed by atoms with E-state index in [0.29, 0.717) is 12.5 Å². The molecule has 1 aliphatic rings. The summed E-state index contributed by atoms with van der Waals surface area (Å²) in [5.74, 6) is 1.28. The van der Waals surface area contributed by atoms with Gasteiger partial charge < -0.3 is 4.74 Å². The number of carbonyl (C=O) groups excluding carboxylic acids is 1. The predicted octanol–water partition coefficient (Wildman–Crippen LogP) is 3.28. The van der Waals surface area contributed by atoms with Crippen molar-refractivity contribution in [2.24, 2.45) is 11.3 Å². The van der Waals surface area contributed by atoms with Crippen LogP contribution in [0.4, 0.5) is 0 Å². The summed E-state index contributed by atoms with van der Waals surface area (Å²) < 4.78 is 5.41. The van der Waals surface area contributed by atoms with Crippen molar-refractivity contribution < 1.29 is 9.53 Å². The minimum atomic E-state index is -0.357. The maximum absolute atomic E-state index is 11.8. The summed E-state index contributed by atoms with van der Waals surface area (Å²) in [6.07, 6.45) is 9.73. The van der Waals surface area contributed by atoms with E-state index in [9.17, 15) is 4.79 Å². The van der Waals surface area contributed by atoms with Gasteiger partial charge in [0.05, 0.1) is 12.0 Å². The first-order valence-electron chi connectivity index (χ1n) is 5.87. The maximum Gasteiger partial charge on any atom is 0.312 e. The quantitative estimate of drug-likeness (QED) is 0.547. The normalized spacial score (nSPS) is 20.8. The number of rotatable bonds is 5. The highest BCUT2D eigenvalue weighted by Gasteiger charge is 2.29. The molecule has 0 aromatic heterocycles. The Morgan fingerprint density at radius 2 is 2.25 bits per heavy atom. The average Bonchev–Trinajstić information content (AvgIpc) is 2.27. The lowest BCUT2D eigenvalue weighted by Crippen LogP contribution is -2.30. The van der Waals surface area contributed by atoms with Crippen molar-refractivity contribution in [2.75, 3.05) is 18.6 Å². The highest BCUT2D eigenvalue weighted by molar-refractivity contribution is 7.98. The van der Waals surface area contributed by atoms with E-state index in [1.54, 1.807) is 11.8 Å². The molecule has 0 heterocycles. The van der Waals surface area contributed by atoms with E-state index in [2.05, 4.69) is 12.2 Å². The third-order valence-electron chi connectivity index (χ3n) is 2.89. The van der Waals surface area contributed by atoms with Gasteiger partial charge in [0.15, 0.2) is 0 Å². The standard InChI is InChI=1S/C13H22O2S/c1-13(2,10-16-3)12(14)15-9-11-7-5-4-6-8-11/h4-5,11H,6-10H2,1-3H3/t11-/m0/s1. The Morgan fingerprint density at radius 1 is 1.50 bits per heavy atom. The summed E-state index contributed by atoms with van der Waals surface area (Å²) in [6, 6.07) is 0. The van der Waals surface area contributed by atoms with Gasteiger partial charge in [0.25, 0.3) is 0 Å². The van der Waals surface area contributed by atoms with Gasteiger partial charge >= 0.3 is 5.97 Å². The van der Waals surface area contributed by atoms with E-state index in [0.717, 1.165) is 25.0 Å². The summed E-state index contributed by atoms with van der Waals surface area (Å²) in [7, 11) is 0. The topological polar surface area (TPSA) is 26.3 Å². The molecular weight excluding hydrogens is 220 g/mol. The molecule has 0 N–H and O–H groups in total. The van der Waals surface area contributed by atoms with Crippen molar-refractivity contribution in [3.05, 3.63) is 12.2 Å². The molecule has 2 nitrogen and oxygen atoms in total. The molecule has 0 aromatic carbocycles. The van der Waals surface area contributed by atoms with Crippen LogP contribution in [-0.4, -0.2) is 24.6 Å². The number of allylic oxidation sites excluding steroid dienone is 2. The molecule has 1 atom stereocenters. The van der Waals surface area contributed by atoms with Crippen LogP contribution in [0.2, 0.25) is 0 Å². The number of esters is 1. The van der Waals surface area contributed by atoms with Crippen LogP contribution < -0.4 is 0 Å². The Balaban J connectivity index is 2.31. The molecule has 0 aromatic rings. The van der Waals surface area contributed by atoms with Crippen molar-refractivity contribution in [2.45, 2.75) is 33.1 Å². The zero-order chi connectivity index (χ0) is 12.0. The highest BCUT2D eigenvalue weighted by Crippen LogP contribution is 2.24. The first kappa shape index (κ1) is 13.6. The molecule has 0 radical (unpaired) electrons. The number of hydrogen-bond donors (Lipinski definition) is 0. The molecule has 0 aliphatic heterocycles. The molecule has 0 amide bonds. The molecule has 0 saturated carbocycles. The number of ether oxygens (including phenoxy) is 1. The second-order valence-electron chi connectivity index (χ2n) is 5.07. The average molecular weight is 242 g/mol. The monoisotopic (exact) mass is 242 g/mol. The first-order chi connectivity index (χ1) is 7.56. The van der Waals surface area contributed by atoms with E-state index in [4.69, 9.17) is 4.74 Å². The summed E-state index contributed by atoms with van der Waals surface area (Å²) in [6.45, 7) is 4.49. The van der Waals surface area contributed by atoms with Crippen molar-refractivity contribution in [1.82, 2.24) is 0 Å². The van der Waals surface area contributed by atoms with Gasteiger partial charge in [-0.2, -0.15) is 11.8 Å². The Hall–Kier alpha value is -0.440. The number of hydrogen-bond acceptors (Lipinski definition) is 3. The summed E-state index contributed by atoms with van der Waals surface area (Å²) >= 11 is 1.69. The minimum Gasteiger partial charge on any atom is -0.465 e. The van der Waals surface area contributed by atoms with E-state index in [-0.39, 0.29) is 11.4 Å². The fourth-order valence-electron chi connectivity index (χ4n) is 1.82. The third kappa shape index (κ3) is 4.20. The second-order valence-corrected chi connectivity index (χ2v) is 5.93. The molecule has 92 valence electrons. The third-order valence-corrected chi connectivity index (χ3v) is 3.90. The lowest BCUT2D eigenvalue weighted by atomic mass is 9.94. The molecule has 1 rings (SSSR count). The van der Waals surface area contributed by atoms with Crippen LogP contribution in [0.1, 0.15) is 33.1 Å². The van der Waals surface area contributed by atoms with E-state index >= 15 is 0 Å². The highest BCUT2D eigenvalue weighted by atomic mass is 32.2. The maximum atomic E-state index is 11.8. The van der Waals surface area contributed by atoms with Gasteiger partial charge in [0.2, 0.25) is 0 Å². The molecule has 0 fully saturated rings. The van der Waals surface area contributed by atoms with E-state index in [1.165, 1.54) is 0 Å². The van der Waals surface area contributed by atoms with Crippen LogP contribution in [0.15, 0.2) is 12.2 Å². The first-order valence-corrected chi connectivity index (χ1v) is 7.27. The molecule has 0 bridgehead atoms. The van der Waals surface area contributed by atoms with Crippen LogP contribution in [0.25, 0.3) is 0 Å². The fraction of sp³-hybridized carbons (Fsp3) is 0.769. The van der Waals surface area contributed by atoms with Gasteiger partial charge in [-0.15, -0.1) is 0 Å². The van der Waals surface area contributed by atoms with Crippen molar-refractivity contribution in [3.8, 4) is 0 Å². The molecule has 0 unspecified atom stereocenters. The van der Waals surface area contributed by atoms with Gasteiger partial charge in [-0.3, -0.25) is 4.79 Å². The van der Waals surface area contributed by atoms with Crippen LogP contribution in [-0.2, 0) is 9.53 Å². The van der Waals surface area contributed by atoms with Crippen molar-refractivity contribution >= 4 is 17.7 Å². The van der Waals surface area contributed by atoms with Crippen LogP contribution in [0, 0.1) is 11.3 Å². The summed E-state index contributed by atoms with van der Waals surface area (Å²) in [4.78, 5) is 11.8. The predicted molar refractivity (Wildman–Crippen MR) is 69.6 cm³/mol. The molecule has 0 spiro atoms. The number of carbonyl (C=O) groups is 1. The van der Waals surface area contributed by atoms with Crippen molar-refractivity contribution in [3.63, 3.8) is 0 Å². The van der Waals surface area contributed by atoms with Crippen LogP contribution in [0.5, 0.6) is 0 Å². The van der Waals surface area contributed by atoms with Gasteiger partial charge in [-0.25, -0.2) is 0 Å². The lowest BCUT2D eigenvalue weighted by Gasteiger charge is -2.24. The second kappa shape index (κ2) is 6.33. The lowest BCUT2D eigenvalue weighted by molar-refractivity contribution is -0.154. The van der Waals surface area contributed by atoms with E-state index in [1.807, 2.05) is 20.1 Å². The van der Waals surface area contributed by atoms with E-state index < -0.39 is 0 Å². The van der Waals surface area contributed by atoms with Gasteiger partial charge in [-0.1, -0.05) is 12.2 Å². The van der Waals surface area contributed by atoms with Crippen molar-refractivity contribution in [1.29, 1.82) is 0 Å². The van der Waals surface area contributed by atoms with Crippen LogP contribution in [0.3, 0.4) is 0 Å². The van der Waals surface area contributed by atoms with Gasteiger partial charge in [0.1, 0.15) is 0 Å². The van der Waals surface area contributed by atoms with Crippen LogP contribution >= 0.6 is 11.8 Å². The molecular formula is C13H22O2S. The van der Waals surface area contributed by atoms with Gasteiger partial charge in [0, 0.05) is 5.75 Å². The zero-order valence-electron chi connectivity index (χ0n) is 10.5. The Labute approximate surface area is 103 Å². The number of thioether (sulfide) groups is 1. The Bertz CT molecular complexity index is 259. The Kier molecular flexibility index (Phi) is 5.39. The molecule has 0 saturated heterocycles. The smallest absolute Gasteiger partial charge is 0.312 e.